The van der Waals surface area contributed by atoms with Crippen LogP contribution in [0.1, 0.15) is 18.1 Å². The summed E-state index contributed by atoms with van der Waals surface area (Å²) in [6.45, 7) is 4.89. The summed E-state index contributed by atoms with van der Waals surface area (Å²) >= 11 is 0. The van der Waals surface area contributed by atoms with Crippen molar-refractivity contribution < 1.29 is 17.9 Å². The predicted octanol–water partition coefficient (Wildman–Crippen LogP) is 3.00. The largest absolute Gasteiger partial charge is 0.494 e. The van der Waals surface area contributed by atoms with Gasteiger partial charge in [-0.2, -0.15) is 0 Å². The molecule has 0 unspecified atom stereocenters. The van der Waals surface area contributed by atoms with Gasteiger partial charge in [0.15, 0.2) is 9.84 Å². The molecule has 2 aromatic carbocycles. The molecule has 0 spiro atoms. The molecule has 2 saturated heterocycles. The summed E-state index contributed by atoms with van der Waals surface area (Å²) in [5, 5.41) is 0. The van der Waals surface area contributed by atoms with E-state index in [-0.39, 0.29) is 29.6 Å². The number of ether oxygens (including phenoxy) is 1. The van der Waals surface area contributed by atoms with E-state index in [1.54, 1.807) is 9.80 Å². The number of carbonyl (C=O) groups excluding carboxylic acids is 1. The second kappa shape index (κ2) is 7.13. The molecule has 4 rings (SSSR count). The summed E-state index contributed by atoms with van der Waals surface area (Å²) in [6.07, 6.45) is 0. The second-order valence-electron chi connectivity index (χ2n) is 7.41. The van der Waals surface area contributed by atoms with Crippen LogP contribution in [0.15, 0.2) is 48.5 Å². The Morgan fingerprint density at radius 1 is 1.07 bits per heavy atom. The van der Waals surface area contributed by atoms with Gasteiger partial charge in [0.25, 0.3) is 0 Å². The number of benzene rings is 2. The molecule has 28 heavy (non-hydrogen) atoms. The monoisotopic (exact) mass is 400 g/mol. The van der Waals surface area contributed by atoms with E-state index < -0.39 is 9.84 Å². The number of carbonyl (C=O) groups is 1. The smallest absolute Gasteiger partial charge is 0.325 e. The highest BCUT2D eigenvalue weighted by Crippen LogP contribution is 2.36. The summed E-state index contributed by atoms with van der Waals surface area (Å²) in [5.41, 5.74) is 2.82. The van der Waals surface area contributed by atoms with E-state index in [1.165, 1.54) is 0 Å². The normalized spacial score (nSPS) is 23.1. The molecule has 0 saturated carbocycles. The molecule has 0 radical (unpaired) electrons. The van der Waals surface area contributed by atoms with Crippen molar-refractivity contribution in [2.45, 2.75) is 32.5 Å². The Kier molecular flexibility index (Phi) is 4.79. The highest BCUT2D eigenvalue weighted by molar-refractivity contribution is 7.91. The molecule has 2 fully saturated rings. The van der Waals surface area contributed by atoms with Gasteiger partial charge in [-0.05, 0) is 43.7 Å². The van der Waals surface area contributed by atoms with Crippen LogP contribution < -0.4 is 9.64 Å². The van der Waals surface area contributed by atoms with Gasteiger partial charge >= 0.3 is 6.03 Å². The quantitative estimate of drug-likeness (QED) is 0.724. The molecule has 7 heteroatoms. The Hall–Kier alpha value is -2.54. The van der Waals surface area contributed by atoms with Crippen LogP contribution in [-0.2, 0) is 16.4 Å². The van der Waals surface area contributed by atoms with E-state index in [1.807, 2.05) is 62.4 Å². The van der Waals surface area contributed by atoms with Crippen molar-refractivity contribution in [1.29, 1.82) is 0 Å². The van der Waals surface area contributed by atoms with Gasteiger partial charge in [0.2, 0.25) is 0 Å². The molecule has 2 heterocycles. The molecule has 148 valence electrons. The lowest BCUT2D eigenvalue weighted by Gasteiger charge is -2.23. The number of hydrogen-bond acceptors (Lipinski definition) is 4. The van der Waals surface area contributed by atoms with Crippen molar-refractivity contribution in [3.63, 3.8) is 0 Å². The summed E-state index contributed by atoms with van der Waals surface area (Å²) in [6, 6.07) is 14.4. The minimum Gasteiger partial charge on any atom is -0.494 e. The molecule has 2 aliphatic heterocycles. The van der Waals surface area contributed by atoms with Gasteiger partial charge in [-0.1, -0.05) is 29.8 Å². The van der Waals surface area contributed by atoms with Crippen LogP contribution in [0.5, 0.6) is 5.75 Å². The van der Waals surface area contributed by atoms with Crippen LogP contribution in [0.2, 0.25) is 0 Å². The van der Waals surface area contributed by atoms with Crippen molar-refractivity contribution >= 4 is 21.6 Å². The van der Waals surface area contributed by atoms with Crippen LogP contribution in [-0.4, -0.2) is 49.5 Å². The third kappa shape index (κ3) is 3.46. The fraction of sp³-hybridized carbons (Fsp3) is 0.381. The van der Waals surface area contributed by atoms with Crippen molar-refractivity contribution in [3.05, 3.63) is 59.7 Å². The number of fused-ring (bicyclic) bond motifs is 1. The Morgan fingerprint density at radius 2 is 1.79 bits per heavy atom. The highest BCUT2D eigenvalue weighted by Gasteiger charge is 2.53. The van der Waals surface area contributed by atoms with E-state index in [2.05, 4.69) is 0 Å². The number of urea groups is 1. The van der Waals surface area contributed by atoms with Gasteiger partial charge in [0, 0.05) is 12.2 Å². The lowest BCUT2D eigenvalue weighted by Crippen LogP contribution is -2.37. The zero-order chi connectivity index (χ0) is 19.9. The number of sulfone groups is 1. The van der Waals surface area contributed by atoms with Gasteiger partial charge in [-0.3, -0.25) is 4.90 Å². The zero-order valence-electron chi connectivity index (χ0n) is 16.0. The number of amides is 2. The van der Waals surface area contributed by atoms with Gasteiger partial charge in [-0.15, -0.1) is 0 Å². The fourth-order valence-corrected chi connectivity index (χ4v) is 6.09. The molecule has 2 aromatic rings. The number of anilines is 1. The summed E-state index contributed by atoms with van der Waals surface area (Å²) in [5.74, 6) is 0.744. The average molecular weight is 401 g/mol. The number of rotatable bonds is 5. The highest BCUT2D eigenvalue weighted by atomic mass is 32.2. The minimum absolute atomic E-state index is 0.000928. The minimum atomic E-state index is -3.18. The van der Waals surface area contributed by atoms with E-state index in [9.17, 15) is 13.2 Å². The average Bonchev–Trinajstić information content (AvgIpc) is 3.07. The van der Waals surface area contributed by atoms with Gasteiger partial charge in [-0.25, -0.2) is 13.2 Å². The summed E-state index contributed by atoms with van der Waals surface area (Å²) in [4.78, 5) is 16.6. The van der Waals surface area contributed by atoms with Crippen molar-refractivity contribution in [1.82, 2.24) is 4.90 Å². The van der Waals surface area contributed by atoms with Crippen LogP contribution in [0.25, 0.3) is 0 Å². The molecule has 6 nitrogen and oxygen atoms in total. The van der Waals surface area contributed by atoms with Crippen molar-refractivity contribution in [3.8, 4) is 5.75 Å². The molecular formula is C21H24N2O4S. The zero-order valence-corrected chi connectivity index (χ0v) is 16.9. The van der Waals surface area contributed by atoms with E-state index in [0.717, 1.165) is 16.9 Å². The van der Waals surface area contributed by atoms with Crippen LogP contribution >= 0.6 is 0 Å². The molecule has 0 aromatic heterocycles. The standard InChI is InChI=1S/C21H24N2O4S/c1-3-27-18-9-7-17(8-10-18)23-20-14-28(25,26)13-19(20)22(21(23)24)12-16-6-4-5-15(2)11-16/h4-11,19-20H,3,12-14H2,1-2H3/t19-,20-/m0/s1. The summed E-state index contributed by atoms with van der Waals surface area (Å²) < 4.78 is 30.1. The summed E-state index contributed by atoms with van der Waals surface area (Å²) in [7, 11) is -3.18. The van der Waals surface area contributed by atoms with Crippen LogP contribution in [0.4, 0.5) is 10.5 Å². The Bertz CT molecular complexity index is 988. The first kappa shape index (κ1) is 18.8. The Balaban J connectivity index is 1.66. The van der Waals surface area contributed by atoms with Gasteiger partial charge in [0.05, 0.1) is 30.2 Å². The number of aryl methyl sites for hydroxylation is 1. The maximum absolute atomic E-state index is 13.3. The molecule has 0 bridgehead atoms. The molecule has 0 N–H and O–H groups in total. The van der Waals surface area contributed by atoms with Gasteiger partial charge in [0.1, 0.15) is 5.75 Å². The molecule has 2 atom stereocenters. The number of hydrogen-bond donors (Lipinski definition) is 0. The first-order chi connectivity index (χ1) is 13.4. The first-order valence-corrected chi connectivity index (χ1v) is 11.3. The fourth-order valence-electron chi connectivity index (χ4n) is 4.14. The van der Waals surface area contributed by atoms with Crippen LogP contribution in [0.3, 0.4) is 0 Å². The predicted molar refractivity (Wildman–Crippen MR) is 108 cm³/mol. The maximum Gasteiger partial charge on any atom is 0.325 e. The van der Waals surface area contributed by atoms with Crippen LogP contribution in [0, 0.1) is 6.92 Å². The van der Waals surface area contributed by atoms with Crippen molar-refractivity contribution in [2.24, 2.45) is 0 Å². The second-order valence-corrected chi connectivity index (χ2v) is 9.56. The maximum atomic E-state index is 13.3. The molecule has 2 amide bonds. The first-order valence-electron chi connectivity index (χ1n) is 9.46. The lowest BCUT2D eigenvalue weighted by atomic mass is 10.1. The van der Waals surface area contributed by atoms with Gasteiger partial charge < -0.3 is 9.64 Å². The van der Waals surface area contributed by atoms with E-state index in [0.29, 0.717) is 18.8 Å². The van der Waals surface area contributed by atoms with E-state index >= 15 is 0 Å². The SMILES string of the molecule is CCOc1ccc(N2C(=O)N(Cc3cccc(C)c3)[C@H]3CS(=O)(=O)C[C@@H]32)cc1. The number of nitrogens with zero attached hydrogens (tertiary/aromatic N) is 2. The Labute approximate surface area is 165 Å². The van der Waals surface area contributed by atoms with E-state index in [4.69, 9.17) is 4.74 Å². The topological polar surface area (TPSA) is 66.9 Å². The lowest BCUT2D eigenvalue weighted by molar-refractivity contribution is 0.206. The molecule has 0 aliphatic carbocycles. The molecule has 2 aliphatic rings. The third-order valence-electron chi connectivity index (χ3n) is 5.34. The Morgan fingerprint density at radius 3 is 2.46 bits per heavy atom. The molecular weight excluding hydrogens is 376 g/mol. The van der Waals surface area contributed by atoms with Crippen molar-refractivity contribution in [2.75, 3.05) is 23.0 Å². The third-order valence-corrected chi connectivity index (χ3v) is 7.04.